The zero-order valence-electron chi connectivity index (χ0n) is 8.35. The van der Waals surface area contributed by atoms with E-state index in [1.807, 2.05) is 0 Å². The number of carbonyl (C=O) groups excluding carboxylic acids is 1. The number of nitrogens with zero attached hydrogens (tertiary/aromatic N) is 2. The normalized spacial score (nSPS) is 28.4. The van der Waals surface area contributed by atoms with Crippen molar-refractivity contribution in [1.82, 2.24) is 0 Å². The minimum Gasteiger partial charge on any atom is -0.303 e. The number of fused-ring (bicyclic) bond motifs is 2. The molecular weight excluding hydrogens is 176 g/mol. The van der Waals surface area contributed by atoms with Crippen molar-refractivity contribution in [3.05, 3.63) is 11.6 Å². The molecule has 0 amide bonds. The molecule has 2 unspecified atom stereocenters. The van der Waals surface area contributed by atoms with Gasteiger partial charge in [-0.15, -0.1) is 0 Å². The molecule has 1 saturated carbocycles. The van der Waals surface area contributed by atoms with E-state index in [9.17, 15) is 4.79 Å². The van der Waals surface area contributed by atoms with E-state index in [1.165, 1.54) is 18.4 Å². The summed E-state index contributed by atoms with van der Waals surface area (Å²) in [6, 6.07) is 0.817. The van der Waals surface area contributed by atoms with E-state index in [4.69, 9.17) is 0 Å². The lowest BCUT2D eigenvalue weighted by molar-refractivity contribution is -0.107. The van der Waals surface area contributed by atoms with E-state index in [2.05, 4.69) is 16.3 Å². The molecule has 1 aliphatic carbocycles. The van der Waals surface area contributed by atoms with E-state index in [0.29, 0.717) is 18.5 Å². The van der Waals surface area contributed by atoms with Crippen LogP contribution in [-0.4, -0.2) is 18.4 Å². The molecule has 2 bridgehead atoms. The lowest BCUT2D eigenvalue weighted by Gasteiger charge is -1.99. The second-order valence-corrected chi connectivity index (χ2v) is 4.00. The van der Waals surface area contributed by atoms with Crippen LogP contribution >= 0.6 is 0 Å². The van der Waals surface area contributed by atoms with Crippen LogP contribution in [0.5, 0.6) is 0 Å². The zero-order chi connectivity index (χ0) is 9.80. The van der Waals surface area contributed by atoms with Crippen molar-refractivity contribution in [3.8, 4) is 0 Å². The highest BCUT2D eigenvalue weighted by Gasteiger charge is 2.34. The van der Waals surface area contributed by atoms with Gasteiger partial charge in [-0.05, 0) is 37.7 Å². The number of hydrogen-bond acceptors (Lipinski definition) is 3. The van der Waals surface area contributed by atoms with Crippen LogP contribution in [0.15, 0.2) is 21.9 Å². The summed E-state index contributed by atoms with van der Waals surface area (Å²) in [6.07, 6.45) is 9.58. The zero-order valence-corrected chi connectivity index (χ0v) is 8.35. The molecule has 76 valence electrons. The predicted molar refractivity (Wildman–Crippen MR) is 54.3 cm³/mol. The molecule has 1 fully saturated rings. The molecule has 2 aliphatic rings. The molecule has 0 radical (unpaired) electrons. The van der Waals surface area contributed by atoms with Crippen molar-refractivity contribution in [3.63, 3.8) is 0 Å². The van der Waals surface area contributed by atoms with Crippen LogP contribution in [0, 0.1) is 0 Å². The van der Waals surface area contributed by atoms with Gasteiger partial charge in [-0.1, -0.05) is 6.08 Å². The van der Waals surface area contributed by atoms with Crippen molar-refractivity contribution < 1.29 is 4.79 Å². The monoisotopic (exact) mass is 192 g/mol. The molecule has 3 heteroatoms. The van der Waals surface area contributed by atoms with Crippen molar-refractivity contribution >= 4 is 6.29 Å². The summed E-state index contributed by atoms with van der Waals surface area (Å²) >= 11 is 0. The maximum absolute atomic E-state index is 10.1. The second-order valence-electron chi connectivity index (χ2n) is 4.00. The number of aldehydes is 1. The molecule has 3 nitrogen and oxygen atoms in total. The van der Waals surface area contributed by atoms with Crippen LogP contribution < -0.4 is 0 Å². The Hall–Kier alpha value is -0.990. The standard InChI is InChI=1S/C11H16N2O/c14-8-4-2-1-3-5-9-10-6-7-11(9)13-12-10/h5,8,10-11H,1-4,6-7H2. The third-order valence-corrected chi connectivity index (χ3v) is 2.98. The van der Waals surface area contributed by atoms with E-state index in [0.717, 1.165) is 25.5 Å². The molecule has 0 aromatic heterocycles. The Morgan fingerprint density at radius 3 is 2.36 bits per heavy atom. The van der Waals surface area contributed by atoms with E-state index in [-0.39, 0.29) is 0 Å². The van der Waals surface area contributed by atoms with Gasteiger partial charge in [0.15, 0.2) is 0 Å². The minimum atomic E-state index is 0.408. The van der Waals surface area contributed by atoms with Crippen molar-refractivity contribution in [1.29, 1.82) is 0 Å². The molecule has 0 aromatic carbocycles. The molecule has 0 aromatic rings. The summed E-state index contributed by atoms with van der Waals surface area (Å²) in [5.41, 5.74) is 1.44. The number of rotatable bonds is 5. The highest BCUT2D eigenvalue weighted by atomic mass is 16.1. The van der Waals surface area contributed by atoms with E-state index < -0.39 is 0 Å². The molecule has 14 heavy (non-hydrogen) atoms. The van der Waals surface area contributed by atoms with Gasteiger partial charge in [0.1, 0.15) is 6.29 Å². The number of hydrogen-bond donors (Lipinski definition) is 0. The van der Waals surface area contributed by atoms with E-state index in [1.54, 1.807) is 0 Å². The molecule has 2 rings (SSSR count). The quantitative estimate of drug-likeness (QED) is 0.375. The lowest BCUT2D eigenvalue weighted by Crippen LogP contribution is -1.99. The topological polar surface area (TPSA) is 41.8 Å². The molecule has 1 heterocycles. The van der Waals surface area contributed by atoms with Crippen LogP contribution in [0.25, 0.3) is 0 Å². The Morgan fingerprint density at radius 1 is 1.14 bits per heavy atom. The first-order chi connectivity index (χ1) is 6.92. The maximum Gasteiger partial charge on any atom is 0.119 e. The van der Waals surface area contributed by atoms with E-state index >= 15 is 0 Å². The van der Waals surface area contributed by atoms with Gasteiger partial charge in [0.2, 0.25) is 0 Å². The summed E-state index contributed by atoms with van der Waals surface area (Å²) in [5.74, 6) is 0. The summed E-state index contributed by atoms with van der Waals surface area (Å²) in [5, 5.41) is 8.40. The Morgan fingerprint density at radius 2 is 1.79 bits per heavy atom. The van der Waals surface area contributed by atoms with Crippen LogP contribution in [-0.2, 0) is 4.79 Å². The minimum absolute atomic E-state index is 0.408. The van der Waals surface area contributed by atoms with Gasteiger partial charge in [-0.2, -0.15) is 10.2 Å². The SMILES string of the molecule is O=CCCCCC=C1C2CCC1N=N2. The van der Waals surface area contributed by atoms with Gasteiger partial charge in [0, 0.05) is 6.42 Å². The highest BCUT2D eigenvalue weighted by molar-refractivity contribution is 5.48. The summed E-state index contributed by atoms with van der Waals surface area (Å²) in [6.45, 7) is 0. The molecule has 0 N–H and O–H groups in total. The summed E-state index contributed by atoms with van der Waals surface area (Å²) < 4.78 is 0. The lowest BCUT2D eigenvalue weighted by atomic mass is 10.1. The Labute approximate surface area is 84.3 Å². The Bertz CT molecular complexity index is 254. The largest absolute Gasteiger partial charge is 0.303 e. The maximum atomic E-state index is 10.1. The highest BCUT2D eigenvalue weighted by Crippen LogP contribution is 2.36. The van der Waals surface area contributed by atoms with Crippen molar-refractivity contribution in [2.24, 2.45) is 10.2 Å². The molecule has 1 aliphatic heterocycles. The smallest absolute Gasteiger partial charge is 0.119 e. The average Bonchev–Trinajstić information content (AvgIpc) is 2.77. The fourth-order valence-corrected chi connectivity index (χ4v) is 2.19. The van der Waals surface area contributed by atoms with Crippen LogP contribution in [0.1, 0.15) is 38.5 Å². The summed E-state index contributed by atoms with van der Waals surface area (Å²) in [7, 11) is 0. The van der Waals surface area contributed by atoms with Gasteiger partial charge in [-0.25, -0.2) is 0 Å². The van der Waals surface area contributed by atoms with Gasteiger partial charge in [0.05, 0.1) is 12.1 Å². The molecule has 2 atom stereocenters. The van der Waals surface area contributed by atoms with Gasteiger partial charge < -0.3 is 4.79 Å². The first-order valence-corrected chi connectivity index (χ1v) is 5.45. The second kappa shape index (κ2) is 4.49. The third-order valence-electron chi connectivity index (χ3n) is 2.98. The van der Waals surface area contributed by atoms with Gasteiger partial charge in [0.25, 0.3) is 0 Å². The fraction of sp³-hybridized carbons (Fsp3) is 0.727. The Kier molecular flexibility index (Phi) is 3.07. The van der Waals surface area contributed by atoms with Gasteiger partial charge >= 0.3 is 0 Å². The number of unbranched alkanes of at least 4 members (excludes halogenated alkanes) is 3. The van der Waals surface area contributed by atoms with Crippen LogP contribution in [0.3, 0.4) is 0 Å². The third kappa shape index (κ3) is 1.91. The first-order valence-electron chi connectivity index (χ1n) is 5.45. The first kappa shape index (κ1) is 9.56. The summed E-state index contributed by atoms with van der Waals surface area (Å²) in [4.78, 5) is 10.1. The number of azo groups is 1. The fourth-order valence-electron chi connectivity index (χ4n) is 2.19. The predicted octanol–water partition coefficient (Wildman–Crippen LogP) is 2.67. The average molecular weight is 192 g/mol. The van der Waals surface area contributed by atoms with Crippen molar-refractivity contribution in [2.45, 2.75) is 50.6 Å². The Balaban J connectivity index is 1.74. The van der Waals surface area contributed by atoms with Gasteiger partial charge in [-0.3, -0.25) is 0 Å². The number of carbonyl (C=O) groups is 1. The van der Waals surface area contributed by atoms with Crippen LogP contribution in [0.2, 0.25) is 0 Å². The molecular formula is C11H16N2O. The number of allylic oxidation sites excluding steroid dienone is 1. The molecule has 0 spiro atoms. The molecule has 0 saturated heterocycles. The van der Waals surface area contributed by atoms with Crippen LogP contribution in [0.4, 0.5) is 0 Å². The van der Waals surface area contributed by atoms with Crippen molar-refractivity contribution in [2.75, 3.05) is 0 Å².